The SMILES string of the molecule is O=C([O-])[C@H]1O[C@@H](N[C@@H]2O[C@H](C(=O)[O-])[C@@H](O)[C@H](O)[C@H]2O)[C@H](O)[C@@H](O)[C@@H]1O.[Na+].[Na+]. The number of hydrogen-bond acceptors (Lipinski definition) is 13. The minimum atomic E-state index is -2.05. The Morgan fingerprint density at radius 3 is 1.19 bits per heavy atom. The van der Waals surface area contributed by atoms with Crippen LogP contribution in [0.4, 0.5) is 0 Å². The Morgan fingerprint density at radius 1 is 0.630 bits per heavy atom. The van der Waals surface area contributed by atoms with Crippen molar-refractivity contribution < 1.29 is 119 Å². The van der Waals surface area contributed by atoms with Crippen LogP contribution in [0.3, 0.4) is 0 Å². The van der Waals surface area contributed by atoms with Gasteiger partial charge in [-0.05, 0) is 0 Å². The topological polar surface area (TPSA) is 232 Å². The molecule has 2 aliphatic heterocycles. The third-order valence-electron chi connectivity index (χ3n) is 4.02. The van der Waals surface area contributed by atoms with Crippen molar-refractivity contribution >= 4 is 11.9 Å². The summed E-state index contributed by atoms with van der Waals surface area (Å²) < 4.78 is 9.64. The maximum Gasteiger partial charge on any atom is 1.00 e. The van der Waals surface area contributed by atoms with Crippen LogP contribution in [0.15, 0.2) is 0 Å². The van der Waals surface area contributed by atoms with E-state index in [1.54, 1.807) is 0 Å². The van der Waals surface area contributed by atoms with Gasteiger partial charge in [0.05, 0.1) is 11.9 Å². The van der Waals surface area contributed by atoms with Crippen molar-refractivity contribution in [2.45, 2.75) is 61.3 Å². The van der Waals surface area contributed by atoms with Gasteiger partial charge in [-0.25, -0.2) is 0 Å². The third kappa shape index (κ3) is 5.81. The smallest absolute Gasteiger partial charge is 0.547 e. The van der Waals surface area contributed by atoms with Gasteiger partial charge in [-0.1, -0.05) is 0 Å². The molecule has 2 aliphatic rings. The summed E-state index contributed by atoms with van der Waals surface area (Å²) in [5.41, 5.74) is 0. The van der Waals surface area contributed by atoms with Gasteiger partial charge >= 0.3 is 59.1 Å². The summed E-state index contributed by atoms with van der Waals surface area (Å²) in [7, 11) is 0. The molecule has 0 bridgehead atoms. The van der Waals surface area contributed by atoms with E-state index >= 15 is 0 Å². The van der Waals surface area contributed by atoms with Gasteiger partial charge in [-0.2, -0.15) is 0 Å². The van der Waals surface area contributed by atoms with Crippen molar-refractivity contribution in [3.8, 4) is 0 Å². The summed E-state index contributed by atoms with van der Waals surface area (Å²) in [6.45, 7) is 0. The van der Waals surface area contributed by atoms with Gasteiger partial charge in [0, 0.05) is 0 Å². The van der Waals surface area contributed by atoms with Crippen molar-refractivity contribution in [3.05, 3.63) is 0 Å². The van der Waals surface area contributed by atoms with Crippen LogP contribution in [-0.4, -0.2) is 104 Å². The number of rotatable bonds is 4. The van der Waals surface area contributed by atoms with Gasteiger partial charge in [0.2, 0.25) is 0 Å². The number of carbonyl (C=O) groups is 2. The largest absolute Gasteiger partial charge is 1.00 e. The Labute approximate surface area is 196 Å². The van der Waals surface area contributed by atoms with Crippen LogP contribution in [-0.2, 0) is 19.1 Å². The Hall–Kier alpha value is 0.580. The molecule has 13 nitrogen and oxygen atoms in total. The summed E-state index contributed by atoms with van der Waals surface area (Å²) in [5, 5.41) is 82.0. The number of ether oxygens (including phenoxy) is 2. The van der Waals surface area contributed by atoms with E-state index in [2.05, 4.69) is 5.32 Å². The number of carbonyl (C=O) groups excluding carboxylic acids is 2. The molecule has 0 unspecified atom stereocenters. The number of hydrogen-bond donors (Lipinski definition) is 7. The van der Waals surface area contributed by atoms with Gasteiger partial charge < -0.3 is 59.9 Å². The molecule has 2 rings (SSSR count). The number of carboxylic acids is 2. The predicted octanol–water partition coefficient (Wildman–Crippen LogP) is -14.3. The molecule has 0 aromatic carbocycles. The summed E-state index contributed by atoms with van der Waals surface area (Å²) in [5.74, 6) is -3.81. The zero-order valence-corrected chi connectivity index (χ0v) is 18.4. The van der Waals surface area contributed by atoms with Crippen LogP contribution in [0, 0.1) is 0 Å². The van der Waals surface area contributed by atoms with Crippen LogP contribution in [0.2, 0.25) is 0 Å². The molecule has 0 aromatic rings. The zero-order chi connectivity index (χ0) is 19.0. The molecular formula is C12H17NNa2O12. The quantitative estimate of drug-likeness (QED) is 0.212. The van der Waals surface area contributed by atoms with Crippen molar-refractivity contribution in [3.63, 3.8) is 0 Å². The van der Waals surface area contributed by atoms with E-state index in [-0.39, 0.29) is 59.1 Å². The van der Waals surface area contributed by atoms with Crippen LogP contribution in [0.25, 0.3) is 0 Å². The number of aliphatic hydroxyl groups excluding tert-OH is 6. The molecule has 10 atom stereocenters. The fourth-order valence-electron chi connectivity index (χ4n) is 2.59. The molecule has 27 heavy (non-hydrogen) atoms. The average Bonchev–Trinajstić information content (AvgIpc) is 2.54. The predicted molar refractivity (Wildman–Crippen MR) is 66.5 cm³/mol. The van der Waals surface area contributed by atoms with Gasteiger partial charge in [-0.3, -0.25) is 5.32 Å². The molecule has 0 spiro atoms. The first kappa shape index (κ1) is 27.6. The normalized spacial score (nSPS) is 44.5. The fourth-order valence-corrected chi connectivity index (χ4v) is 2.59. The van der Waals surface area contributed by atoms with E-state index in [0.29, 0.717) is 0 Å². The van der Waals surface area contributed by atoms with Gasteiger partial charge in [-0.15, -0.1) is 0 Å². The summed E-state index contributed by atoms with van der Waals surface area (Å²) in [4.78, 5) is 21.8. The Balaban J connectivity index is 0.00000338. The van der Waals surface area contributed by atoms with Gasteiger partial charge in [0.15, 0.2) is 0 Å². The molecule has 0 saturated carbocycles. The Bertz CT molecular complexity index is 483. The molecule has 7 N–H and O–H groups in total. The zero-order valence-electron chi connectivity index (χ0n) is 14.4. The first-order valence-electron chi connectivity index (χ1n) is 7.13. The number of aliphatic carboxylic acids is 2. The Kier molecular flexibility index (Phi) is 11.3. The second-order valence-electron chi connectivity index (χ2n) is 5.70. The fraction of sp³-hybridized carbons (Fsp3) is 0.833. The van der Waals surface area contributed by atoms with Crippen molar-refractivity contribution in [1.29, 1.82) is 0 Å². The molecule has 2 heterocycles. The summed E-state index contributed by atoms with van der Waals surface area (Å²) in [6.07, 6.45) is -19.4. The molecular weight excluding hydrogens is 396 g/mol. The second kappa shape index (κ2) is 11.1. The minimum absolute atomic E-state index is 0. The molecule has 0 aliphatic carbocycles. The molecule has 0 radical (unpaired) electrons. The van der Waals surface area contributed by atoms with Crippen LogP contribution >= 0.6 is 0 Å². The van der Waals surface area contributed by atoms with E-state index < -0.39 is 73.2 Å². The summed E-state index contributed by atoms with van der Waals surface area (Å²) in [6, 6.07) is 0. The van der Waals surface area contributed by atoms with Crippen molar-refractivity contribution in [2.75, 3.05) is 0 Å². The maximum absolute atomic E-state index is 10.9. The van der Waals surface area contributed by atoms with Crippen molar-refractivity contribution in [2.24, 2.45) is 0 Å². The second-order valence-corrected chi connectivity index (χ2v) is 5.70. The molecule has 2 fully saturated rings. The molecule has 0 aromatic heterocycles. The van der Waals surface area contributed by atoms with Gasteiger partial charge in [0.25, 0.3) is 0 Å². The molecule has 0 amide bonds. The van der Waals surface area contributed by atoms with E-state index in [9.17, 15) is 50.4 Å². The van der Waals surface area contributed by atoms with E-state index in [4.69, 9.17) is 9.47 Å². The summed E-state index contributed by atoms with van der Waals surface area (Å²) >= 11 is 0. The Morgan fingerprint density at radius 2 is 0.926 bits per heavy atom. The molecule has 144 valence electrons. The van der Waals surface area contributed by atoms with Crippen LogP contribution < -0.4 is 74.6 Å². The average molecular weight is 413 g/mol. The maximum atomic E-state index is 10.9. The van der Waals surface area contributed by atoms with E-state index in [1.165, 1.54) is 0 Å². The minimum Gasteiger partial charge on any atom is -0.547 e. The van der Waals surface area contributed by atoms with Crippen LogP contribution in [0.1, 0.15) is 0 Å². The van der Waals surface area contributed by atoms with Crippen LogP contribution in [0.5, 0.6) is 0 Å². The van der Waals surface area contributed by atoms with E-state index in [1.807, 2.05) is 0 Å². The van der Waals surface area contributed by atoms with Crippen molar-refractivity contribution in [1.82, 2.24) is 5.32 Å². The van der Waals surface area contributed by atoms with E-state index in [0.717, 1.165) is 0 Å². The first-order chi connectivity index (χ1) is 11.6. The number of aliphatic hydroxyl groups is 6. The third-order valence-corrected chi connectivity index (χ3v) is 4.02. The molecule has 15 heteroatoms. The first-order valence-corrected chi connectivity index (χ1v) is 7.13. The molecule has 2 saturated heterocycles. The number of nitrogens with one attached hydrogen (secondary N) is 1. The number of carboxylic acid groups (broad SMARTS) is 2. The monoisotopic (exact) mass is 413 g/mol. The van der Waals surface area contributed by atoms with Gasteiger partial charge in [0.1, 0.15) is 61.3 Å². The standard InChI is InChI=1S/C12H19NO12.2Na/c14-1-3(16)7(11(20)21)24-9(5(1)18)13-10-6(19)2(15)4(17)8(25-10)12(22)23;;/h1-10,13-19H,(H,20,21)(H,22,23);;/q;2*+1/p-2/t1-,2-,3-,4-,5+,6+,7-,8-,9+,10+;;/m0../s1.